The number of pyridine rings is 1. The monoisotopic (exact) mass is 320 g/mol. The number of aromatic nitrogens is 1. The molecule has 2 rings (SSSR count). The summed E-state index contributed by atoms with van der Waals surface area (Å²) in [5.41, 5.74) is 4.19. The van der Waals surface area contributed by atoms with Crippen LogP contribution in [0, 0.1) is 5.92 Å². The normalized spacial score (nSPS) is 18.1. The number of ether oxygens (including phenoxy) is 1. The SMILES string of the molecule is COC(=O)C(N)(CSc1ccc(C(F)(F)F)cn1)C1CC1. The number of rotatable bonds is 5. The summed E-state index contributed by atoms with van der Waals surface area (Å²) in [5.74, 6) is -0.209. The van der Waals surface area contributed by atoms with Gasteiger partial charge < -0.3 is 10.5 Å². The van der Waals surface area contributed by atoms with Crippen LogP contribution in [0.25, 0.3) is 0 Å². The molecule has 1 aromatic rings. The van der Waals surface area contributed by atoms with E-state index < -0.39 is 23.2 Å². The Morgan fingerprint density at radius 3 is 2.57 bits per heavy atom. The van der Waals surface area contributed by atoms with E-state index in [0.717, 1.165) is 36.9 Å². The molecule has 0 amide bonds. The number of methoxy groups -OCH3 is 1. The summed E-state index contributed by atoms with van der Waals surface area (Å²) in [6.45, 7) is 0. The van der Waals surface area contributed by atoms with Gasteiger partial charge in [0.2, 0.25) is 0 Å². The lowest BCUT2D eigenvalue weighted by Crippen LogP contribution is -2.53. The van der Waals surface area contributed by atoms with Gasteiger partial charge in [-0.15, -0.1) is 11.8 Å². The number of alkyl halides is 3. The van der Waals surface area contributed by atoms with E-state index in [1.807, 2.05) is 0 Å². The Kier molecular flexibility index (Phi) is 4.48. The average molecular weight is 320 g/mol. The molecule has 8 heteroatoms. The first kappa shape index (κ1) is 16.1. The first-order chi connectivity index (χ1) is 9.77. The van der Waals surface area contributed by atoms with Crippen molar-refractivity contribution in [1.29, 1.82) is 0 Å². The van der Waals surface area contributed by atoms with E-state index in [0.29, 0.717) is 5.03 Å². The quantitative estimate of drug-likeness (QED) is 0.667. The zero-order valence-electron chi connectivity index (χ0n) is 11.3. The van der Waals surface area contributed by atoms with Crippen molar-refractivity contribution in [3.63, 3.8) is 0 Å². The predicted octanol–water partition coefficient (Wildman–Crippen LogP) is 2.47. The molecule has 0 saturated heterocycles. The molecule has 0 spiro atoms. The van der Waals surface area contributed by atoms with E-state index in [1.165, 1.54) is 13.2 Å². The molecule has 1 aromatic heterocycles. The van der Waals surface area contributed by atoms with Gasteiger partial charge in [-0.1, -0.05) is 0 Å². The number of hydrogen-bond donors (Lipinski definition) is 1. The smallest absolute Gasteiger partial charge is 0.417 e. The zero-order chi connectivity index (χ0) is 15.7. The second-order valence-electron chi connectivity index (χ2n) is 4.98. The highest BCUT2D eigenvalue weighted by Gasteiger charge is 2.49. The van der Waals surface area contributed by atoms with E-state index in [-0.39, 0.29) is 11.7 Å². The maximum Gasteiger partial charge on any atom is 0.417 e. The molecule has 2 N–H and O–H groups in total. The van der Waals surface area contributed by atoms with Crippen molar-refractivity contribution < 1.29 is 22.7 Å². The van der Waals surface area contributed by atoms with Gasteiger partial charge in [0.25, 0.3) is 0 Å². The Labute approximate surface area is 124 Å². The largest absolute Gasteiger partial charge is 0.468 e. The van der Waals surface area contributed by atoms with Gasteiger partial charge in [0, 0.05) is 11.9 Å². The first-order valence-corrected chi connectivity index (χ1v) is 7.29. The molecule has 0 aliphatic heterocycles. The molecular formula is C13H15F3N2O2S. The number of carbonyl (C=O) groups is 1. The highest BCUT2D eigenvalue weighted by Crippen LogP contribution is 2.41. The standard InChI is InChI=1S/C13H15F3N2O2S/c1-20-11(19)12(17,8-2-3-8)7-21-10-5-4-9(6-18-10)13(14,15)16/h4-6,8H,2-3,7,17H2,1H3. The minimum Gasteiger partial charge on any atom is -0.468 e. The molecular weight excluding hydrogens is 305 g/mol. The Balaban J connectivity index is 2.03. The van der Waals surface area contributed by atoms with E-state index in [1.54, 1.807) is 0 Å². The predicted molar refractivity (Wildman–Crippen MR) is 71.6 cm³/mol. The third-order valence-corrected chi connectivity index (χ3v) is 4.55. The number of halogens is 3. The Bertz CT molecular complexity index is 517. The van der Waals surface area contributed by atoms with Crippen molar-refractivity contribution >= 4 is 17.7 Å². The van der Waals surface area contributed by atoms with Gasteiger partial charge in [0.15, 0.2) is 0 Å². The summed E-state index contributed by atoms with van der Waals surface area (Å²) in [6.07, 6.45) is -1.93. The third-order valence-electron chi connectivity index (χ3n) is 3.39. The van der Waals surface area contributed by atoms with Crippen LogP contribution in [0.2, 0.25) is 0 Å². The number of thioether (sulfide) groups is 1. The highest BCUT2D eigenvalue weighted by atomic mass is 32.2. The van der Waals surface area contributed by atoms with Crippen molar-refractivity contribution in [2.75, 3.05) is 12.9 Å². The maximum absolute atomic E-state index is 12.4. The Morgan fingerprint density at radius 1 is 1.48 bits per heavy atom. The summed E-state index contributed by atoms with van der Waals surface area (Å²) in [7, 11) is 1.27. The number of hydrogen-bond acceptors (Lipinski definition) is 5. The molecule has 21 heavy (non-hydrogen) atoms. The minimum absolute atomic E-state index is 0.0619. The van der Waals surface area contributed by atoms with Crippen molar-refractivity contribution in [3.8, 4) is 0 Å². The van der Waals surface area contributed by atoms with Gasteiger partial charge in [-0.3, -0.25) is 4.79 Å². The zero-order valence-corrected chi connectivity index (χ0v) is 12.1. The van der Waals surface area contributed by atoms with Crippen LogP contribution in [0.4, 0.5) is 13.2 Å². The van der Waals surface area contributed by atoms with Crippen LogP contribution in [-0.2, 0) is 15.7 Å². The molecule has 1 aliphatic carbocycles. The van der Waals surface area contributed by atoms with Gasteiger partial charge in [-0.05, 0) is 30.9 Å². The van der Waals surface area contributed by atoms with Crippen molar-refractivity contribution in [2.45, 2.75) is 29.6 Å². The van der Waals surface area contributed by atoms with Crippen LogP contribution < -0.4 is 5.73 Å². The Morgan fingerprint density at radius 2 is 2.14 bits per heavy atom. The van der Waals surface area contributed by atoms with Crippen LogP contribution in [0.3, 0.4) is 0 Å². The van der Waals surface area contributed by atoms with Gasteiger partial charge >= 0.3 is 12.1 Å². The van der Waals surface area contributed by atoms with Crippen molar-refractivity contribution in [2.24, 2.45) is 11.7 Å². The fourth-order valence-corrected chi connectivity index (χ4v) is 2.99. The lowest BCUT2D eigenvalue weighted by atomic mass is 9.97. The molecule has 1 atom stereocenters. The van der Waals surface area contributed by atoms with Crippen molar-refractivity contribution in [1.82, 2.24) is 4.98 Å². The number of nitrogens with two attached hydrogens (primary N) is 1. The van der Waals surface area contributed by atoms with Gasteiger partial charge in [0.05, 0.1) is 17.7 Å². The topological polar surface area (TPSA) is 65.2 Å². The Hall–Kier alpha value is -1.28. The molecule has 0 bridgehead atoms. The number of carbonyl (C=O) groups excluding carboxylic acids is 1. The maximum atomic E-state index is 12.4. The first-order valence-electron chi connectivity index (χ1n) is 6.30. The molecule has 116 valence electrons. The van der Waals surface area contributed by atoms with E-state index in [9.17, 15) is 18.0 Å². The fraction of sp³-hybridized carbons (Fsp3) is 0.538. The minimum atomic E-state index is -4.41. The summed E-state index contributed by atoms with van der Waals surface area (Å²) in [5, 5.41) is 0.391. The molecule has 0 radical (unpaired) electrons. The summed E-state index contributed by atoms with van der Waals surface area (Å²) < 4.78 is 42.0. The fourth-order valence-electron chi connectivity index (χ4n) is 1.96. The second-order valence-corrected chi connectivity index (χ2v) is 5.97. The van der Waals surface area contributed by atoms with Crippen molar-refractivity contribution in [3.05, 3.63) is 23.9 Å². The molecule has 1 fully saturated rings. The highest BCUT2D eigenvalue weighted by molar-refractivity contribution is 7.99. The lowest BCUT2D eigenvalue weighted by molar-refractivity contribution is -0.147. The van der Waals surface area contributed by atoms with Crippen LogP contribution in [-0.4, -0.2) is 29.4 Å². The third kappa shape index (κ3) is 3.68. The van der Waals surface area contributed by atoms with E-state index >= 15 is 0 Å². The average Bonchev–Trinajstić information content (AvgIpc) is 3.28. The number of esters is 1. The summed E-state index contributed by atoms with van der Waals surface area (Å²) >= 11 is 1.15. The number of nitrogens with zero attached hydrogens (tertiary/aromatic N) is 1. The summed E-state index contributed by atoms with van der Waals surface area (Å²) in [6, 6.07) is 2.24. The van der Waals surface area contributed by atoms with Crippen LogP contribution >= 0.6 is 11.8 Å². The molecule has 0 aromatic carbocycles. The molecule has 1 unspecified atom stereocenters. The van der Waals surface area contributed by atoms with Crippen LogP contribution in [0.1, 0.15) is 18.4 Å². The van der Waals surface area contributed by atoms with Gasteiger partial charge in [-0.25, -0.2) is 4.98 Å². The second kappa shape index (κ2) is 5.84. The van der Waals surface area contributed by atoms with Crippen LogP contribution in [0.15, 0.2) is 23.4 Å². The van der Waals surface area contributed by atoms with E-state index in [2.05, 4.69) is 4.98 Å². The van der Waals surface area contributed by atoms with Crippen LogP contribution in [0.5, 0.6) is 0 Å². The van der Waals surface area contributed by atoms with E-state index in [4.69, 9.17) is 10.5 Å². The summed E-state index contributed by atoms with van der Waals surface area (Å²) in [4.78, 5) is 15.5. The molecule has 1 saturated carbocycles. The molecule has 1 heterocycles. The molecule has 4 nitrogen and oxygen atoms in total. The van der Waals surface area contributed by atoms with Gasteiger partial charge in [0.1, 0.15) is 5.54 Å². The molecule has 1 aliphatic rings. The lowest BCUT2D eigenvalue weighted by Gasteiger charge is -2.25. The van der Waals surface area contributed by atoms with Gasteiger partial charge in [-0.2, -0.15) is 13.2 Å².